The van der Waals surface area contributed by atoms with E-state index in [1.807, 2.05) is 18.2 Å². The number of nitrogens with one attached hydrogen (secondary N) is 1. The molecule has 1 aromatic heterocycles. The van der Waals surface area contributed by atoms with E-state index < -0.39 is 0 Å². The lowest BCUT2D eigenvalue weighted by Gasteiger charge is -2.04. The van der Waals surface area contributed by atoms with Gasteiger partial charge in [-0.3, -0.25) is 0 Å². The average Bonchev–Trinajstić information content (AvgIpc) is 2.41. The summed E-state index contributed by atoms with van der Waals surface area (Å²) >= 11 is 0. The molecule has 0 atom stereocenters. The molecule has 0 aliphatic rings. The molecule has 1 aromatic carbocycles. The van der Waals surface area contributed by atoms with Crippen LogP contribution in [0.25, 0.3) is 11.4 Å². The molecule has 0 amide bonds. The lowest BCUT2D eigenvalue weighted by Crippen LogP contribution is -2.21. The van der Waals surface area contributed by atoms with E-state index >= 15 is 0 Å². The van der Waals surface area contributed by atoms with E-state index in [4.69, 9.17) is 5.73 Å². The van der Waals surface area contributed by atoms with E-state index in [1.165, 1.54) is 5.56 Å². The topological polar surface area (TPSA) is 63.8 Å². The molecule has 0 aliphatic carbocycles. The summed E-state index contributed by atoms with van der Waals surface area (Å²) in [6.45, 7) is 2.34. The van der Waals surface area contributed by atoms with Crippen LogP contribution in [0.2, 0.25) is 0 Å². The first-order chi connectivity index (χ1) is 8.40. The van der Waals surface area contributed by atoms with Crippen LogP contribution in [0.4, 0.5) is 0 Å². The molecule has 4 nitrogen and oxygen atoms in total. The molecule has 2 rings (SSSR count). The number of rotatable bonds is 5. The molecule has 0 aliphatic heterocycles. The van der Waals surface area contributed by atoms with Gasteiger partial charge in [0.05, 0.1) is 0 Å². The maximum Gasteiger partial charge on any atom is 0.159 e. The van der Waals surface area contributed by atoms with E-state index in [1.54, 1.807) is 12.4 Å². The largest absolute Gasteiger partial charge is 0.329 e. The first-order valence-electron chi connectivity index (χ1n) is 5.67. The fourth-order valence-electron chi connectivity index (χ4n) is 1.55. The SMILES string of the molecule is NCCNCc1ccc(-c2ncccn2)cc1. The predicted octanol–water partition coefficient (Wildman–Crippen LogP) is 1.19. The molecular formula is C13H16N4. The van der Waals surface area contributed by atoms with Crippen LogP contribution in [0.1, 0.15) is 5.56 Å². The van der Waals surface area contributed by atoms with Gasteiger partial charge in [0.2, 0.25) is 0 Å². The van der Waals surface area contributed by atoms with Crippen molar-refractivity contribution in [2.45, 2.75) is 6.54 Å². The van der Waals surface area contributed by atoms with Crippen molar-refractivity contribution in [2.24, 2.45) is 5.73 Å². The molecule has 0 bridgehead atoms. The second kappa shape index (κ2) is 6.08. The summed E-state index contributed by atoms with van der Waals surface area (Å²) < 4.78 is 0. The van der Waals surface area contributed by atoms with Crippen molar-refractivity contribution >= 4 is 0 Å². The third-order valence-electron chi connectivity index (χ3n) is 2.43. The highest BCUT2D eigenvalue weighted by atomic mass is 14.9. The Morgan fingerprint density at radius 2 is 1.76 bits per heavy atom. The molecule has 3 N–H and O–H groups in total. The summed E-state index contributed by atoms with van der Waals surface area (Å²) in [5, 5.41) is 3.25. The van der Waals surface area contributed by atoms with Gasteiger partial charge in [-0.05, 0) is 11.6 Å². The van der Waals surface area contributed by atoms with Crippen LogP contribution in [0.3, 0.4) is 0 Å². The predicted molar refractivity (Wildman–Crippen MR) is 68.2 cm³/mol. The standard InChI is InChI=1S/C13H16N4/c14-6-9-15-10-11-2-4-12(5-3-11)13-16-7-1-8-17-13/h1-5,7-8,15H,6,9-10,14H2. The van der Waals surface area contributed by atoms with Gasteiger partial charge in [0.15, 0.2) is 5.82 Å². The van der Waals surface area contributed by atoms with E-state index in [0.717, 1.165) is 24.5 Å². The highest BCUT2D eigenvalue weighted by Crippen LogP contribution is 2.14. The van der Waals surface area contributed by atoms with Crippen LogP contribution in [0, 0.1) is 0 Å². The second-order valence-corrected chi connectivity index (χ2v) is 3.73. The number of aromatic nitrogens is 2. The quantitative estimate of drug-likeness (QED) is 0.755. The van der Waals surface area contributed by atoms with Gasteiger partial charge >= 0.3 is 0 Å². The number of hydrogen-bond acceptors (Lipinski definition) is 4. The van der Waals surface area contributed by atoms with Crippen molar-refractivity contribution in [3.63, 3.8) is 0 Å². The monoisotopic (exact) mass is 228 g/mol. The summed E-state index contributed by atoms with van der Waals surface area (Å²) in [4.78, 5) is 8.42. The van der Waals surface area contributed by atoms with Gasteiger partial charge in [0.1, 0.15) is 0 Å². The normalized spacial score (nSPS) is 10.4. The van der Waals surface area contributed by atoms with E-state index in [-0.39, 0.29) is 0 Å². The van der Waals surface area contributed by atoms with Crippen LogP contribution in [-0.4, -0.2) is 23.1 Å². The fourth-order valence-corrected chi connectivity index (χ4v) is 1.55. The van der Waals surface area contributed by atoms with Crippen molar-refractivity contribution < 1.29 is 0 Å². The zero-order valence-corrected chi connectivity index (χ0v) is 9.63. The highest BCUT2D eigenvalue weighted by Gasteiger charge is 1.99. The van der Waals surface area contributed by atoms with Crippen LogP contribution < -0.4 is 11.1 Å². The number of benzene rings is 1. The Kier molecular flexibility index (Phi) is 4.18. The summed E-state index contributed by atoms with van der Waals surface area (Å²) in [7, 11) is 0. The highest BCUT2D eigenvalue weighted by molar-refractivity contribution is 5.54. The molecule has 88 valence electrons. The van der Waals surface area contributed by atoms with Crippen LogP contribution in [-0.2, 0) is 6.54 Å². The molecular weight excluding hydrogens is 212 g/mol. The first kappa shape index (κ1) is 11.7. The smallest absolute Gasteiger partial charge is 0.159 e. The summed E-state index contributed by atoms with van der Waals surface area (Å²) in [6, 6.07) is 10.0. The molecule has 4 heteroatoms. The molecule has 0 saturated heterocycles. The maximum absolute atomic E-state index is 5.41. The molecule has 0 radical (unpaired) electrons. The third-order valence-corrected chi connectivity index (χ3v) is 2.43. The number of hydrogen-bond donors (Lipinski definition) is 2. The van der Waals surface area contributed by atoms with E-state index in [0.29, 0.717) is 6.54 Å². The zero-order valence-electron chi connectivity index (χ0n) is 9.63. The van der Waals surface area contributed by atoms with Crippen molar-refractivity contribution in [3.05, 3.63) is 48.3 Å². The lowest BCUT2D eigenvalue weighted by atomic mass is 10.1. The van der Waals surface area contributed by atoms with Crippen molar-refractivity contribution in [2.75, 3.05) is 13.1 Å². The molecule has 1 heterocycles. The number of nitrogens with zero attached hydrogens (tertiary/aromatic N) is 2. The van der Waals surface area contributed by atoms with Crippen molar-refractivity contribution in [1.29, 1.82) is 0 Å². The second-order valence-electron chi connectivity index (χ2n) is 3.73. The van der Waals surface area contributed by atoms with Gasteiger partial charge < -0.3 is 11.1 Å². The third kappa shape index (κ3) is 3.34. The molecule has 0 saturated carbocycles. The Hall–Kier alpha value is -1.78. The van der Waals surface area contributed by atoms with Gasteiger partial charge in [-0.2, -0.15) is 0 Å². The Bertz CT molecular complexity index is 439. The van der Waals surface area contributed by atoms with Gasteiger partial charge in [0.25, 0.3) is 0 Å². The van der Waals surface area contributed by atoms with Crippen LogP contribution in [0.5, 0.6) is 0 Å². The van der Waals surface area contributed by atoms with Crippen LogP contribution in [0.15, 0.2) is 42.7 Å². The van der Waals surface area contributed by atoms with Gasteiger partial charge in [0, 0.05) is 37.6 Å². The Morgan fingerprint density at radius 1 is 1.06 bits per heavy atom. The van der Waals surface area contributed by atoms with Gasteiger partial charge in [-0.1, -0.05) is 24.3 Å². The minimum atomic E-state index is 0.663. The molecule has 0 fully saturated rings. The van der Waals surface area contributed by atoms with Gasteiger partial charge in [-0.25, -0.2) is 9.97 Å². The lowest BCUT2D eigenvalue weighted by molar-refractivity contribution is 0.695. The minimum Gasteiger partial charge on any atom is -0.329 e. The molecule has 0 unspecified atom stereocenters. The van der Waals surface area contributed by atoms with E-state index in [2.05, 4.69) is 27.4 Å². The Balaban J connectivity index is 2.03. The van der Waals surface area contributed by atoms with Crippen LogP contribution >= 0.6 is 0 Å². The summed E-state index contributed by atoms with van der Waals surface area (Å²) in [6.07, 6.45) is 3.50. The summed E-state index contributed by atoms with van der Waals surface area (Å²) in [5.74, 6) is 0.758. The van der Waals surface area contributed by atoms with E-state index in [9.17, 15) is 0 Å². The average molecular weight is 228 g/mol. The van der Waals surface area contributed by atoms with Crippen molar-refractivity contribution in [3.8, 4) is 11.4 Å². The minimum absolute atomic E-state index is 0.663. The van der Waals surface area contributed by atoms with Crippen molar-refractivity contribution in [1.82, 2.24) is 15.3 Å². The first-order valence-corrected chi connectivity index (χ1v) is 5.67. The Labute approximate surface area is 101 Å². The Morgan fingerprint density at radius 3 is 2.41 bits per heavy atom. The molecule has 0 spiro atoms. The maximum atomic E-state index is 5.41. The molecule has 17 heavy (non-hydrogen) atoms. The zero-order chi connectivity index (χ0) is 11.9. The number of nitrogens with two attached hydrogens (primary N) is 1. The molecule has 2 aromatic rings. The fraction of sp³-hybridized carbons (Fsp3) is 0.231. The van der Waals surface area contributed by atoms with Gasteiger partial charge in [-0.15, -0.1) is 0 Å². The summed E-state index contributed by atoms with van der Waals surface area (Å²) in [5.41, 5.74) is 7.68.